The molecule has 0 atom stereocenters. The Morgan fingerprint density at radius 3 is 1.79 bits per heavy atom. The fourth-order valence-corrected chi connectivity index (χ4v) is 0.811. The summed E-state index contributed by atoms with van der Waals surface area (Å²) in [5, 5.41) is 0. The Labute approximate surface area is 112 Å². The summed E-state index contributed by atoms with van der Waals surface area (Å²) < 4.78 is 0. The van der Waals surface area contributed by atoms with Crippen molar-refractivity contribution >= 4 is 59.5 Å². The van der Waals surface area contributed by atoms with Gasteiger partial charge in [-0.1, -0.05) is 30.3 Å². The van der Waals surface area contributed by atoms with E-state index in [9.17, 15) is 0 Å². The first kappa shape index (κ1) is 16.0. The number of nitrogens with two attached hydrogens (primary N) is 1. The van der Waals surface area contributed by atoms with Crippen molar-refractivity contribution in [3.8, 4) is 0 Å². The molecule has 0 aliphatic carbocycles. The van der Waals surface area contributed by atoms with Crippen molar-refractivity contribution in [2.75, 3.05) is 6.54 Å². The Hall–Kier alpha value is 2.02. The van der Waals surface area contributed by atoms with E-state index in [1.165, 1.54) is 5.56 Å². The van der Waals surface area contributed by atoms with Gasteiger partial charge in [-0.2, -0.15) is 0 Å². The van der Waals surface area contributed by atoms with Gasteiger partial charge in [0.25, 0.3) is 0 Å². The van der Waals surface area contributed by atoms with Gasteiger partial charge in [0.15, 0.2) is 0 Å². The summed E-state index contributed by atoms with van der Waals surface area (Å²) >= 11 is 11.4. The monoisotopic (exact) mass is 645 g/mol. The molecule has 80 valence electrons. The van der Waals surface area contributed by atoms with Crippen molar-refractivity contribution in [2.45, 2.75) is 6.42 Å². The predicted octanol–water partition coefficient (Wildman–Crippen LogP) is 4.19. The van der Waals surface area contributed by atoms with Crippen LogP contribution in [0.5, 0.6) is 0 Å². The number of rotatable bonds is 2. The molecule has 14 heavy (non-hydrogen) atoms. The zero-order valence-corrected chi connectivity index (χ0v) is 17.6. The van der Waals surface area contributed by atoms with Crippen molar-refractivity contribution in [3.63, 3.8) is 0 Å². The van der Waals surface area contributed by atoms with E-state index in [4.69, 9.17) is 5.73 Å². The molecule has 6 heteroatoms. The van der Waals surface area contributed by atoms with Gasteiger partial charge in [-0.15, -0.1) is 0 Å². The zero-order chi connectivity index (χ0) is 11.0. The minimum absolute atomic E-state index is 0.740. The van der Waals surface area contributed by atoms with Crippen LogP contribution in [0.25, 0.3) is 0 Å². The summed E-state index contributed by atoms with van der Waals surface area (Å²) in [7, 11) is 0. The number of hydrogen-bond donors (Lipinski definition) is 1. The van der Waals surface area contributed by atoms with E-state index in [1.807, 2.05) is 18.2 Å². The van der Waals surface area contributed by atoms with E-state index < -0.39 is 11.5 Å². The zero-order valence-electron chi connectivity index (χ0n) is 7.39. The van der Waals surface area contributed by atoms with Crippen LogP contribution in [0.15, 0.2) is 30.3 Å². The van der Waals surface area contributed by atoms with Gasteiger partial charge in [0.2, 0.25) is 0 Å². The first-order chi connectivity index (χ1) is 6.43. The first-order valence-corrected chi connectivity index (χ1v) is 37.6. The molecule has 0 fully saturated rings. The molecular formula is C8H11Br4NPb. The van der Waals surface area contributed by atoms with Crippen molar-refractivity contribution in [1.29, 1.82) is 0 Å². The fraction of sp³-hybridized carbons (Fsp3) is 0.250. The van der Waals surface area contributed by atoms with Crippen molar-refractivity contribution in [2.24, 2.45) is 5.73 Å². The maximum absolute atomic E-state index is 5.36. The van der Waals surface area contributed by atoms with Crippen LogP contribution in [0.4, 0.5) is 0 Å². The molecule has 0 aliphatic heterocycles. The van der Waals surface area contributed by atoms with Crippen LogP contribution in [0, 0.1) is 0 Å². The van der Waals surface area contributed by atoms with Crippen LogP contribution in [0.3, 0.4) is 0 Å². The molecule has 1 nitrogen and oxygen atoms in total. The van der Waals surface area contributed by atoms with E-state index in [0.717, 1.165) is 13.0 Å². The Morgan fingerprint density at radius 2 is 1.43 bits per heavy atom. The summed E-state index contributed by atoms with van der Waals surface area (Å²) in [6.07, 6.45) is 0.987. The van der Waals surface area contributed by atoms with Crippen molar-refractivity contribution in [3.05, 3.63) is 35.9 Å². The SMILES string of the molecule is NCCc1ccccc1.[Br][Pb]([Br])([Br])[Br]. The van der Waals surface area contributed by atoms with Gasteiger partial charge in [0, 0.05) is 0 Å². The average Bonchev–Trinajstić information content (AvgIpc) is 2.03. The maximum atomic E-state index is 5.36. The van der Waals surface area contributed by atoms with E-state index in [2.05, 4.69) is 60.1 Å². The first-order valence-electron chi connectivity index (χ1n) is 3.93. The number of hydrogen-bond acceptors (Lipinski definition) is 1. The molecule has 0 amide bonds. The third-order valence-electron chi connectivity index (χ3n) is 1.28. The van der Waals surface area contributed by atoms with Crippen LogP contribution in [-0.2, 0) is 6.42 Å². The number of benzene rings is 1. The Morgan fingerprint density at radius 1 is 1.00 bits per heavy atom. The third-order valence-corrected chi connectivity index (χ3v) is 1.28. The molecule has 1 rings (SSSR count). The fourth-order valence-electron chi connectivity index (χ4n) is 0.811. The van der Waals surface area contributed by atoms with Gasteiger partial charge in [-0.3, -0.25) is 0 Å². The van der Waals surface area contributed by atoms with Crippen LogP contribution in [0.1, 0.15) is 5.56 Å². The third kappa shape index (κ3) is 14.0. The second kappa shape index (κ2) is 9.09. The summed E-state index contributed by atoms with van der Waals surface area (Å²) in [4.78, 5) is 0. The van der Waals surface area contributed by atoms with Gasteiger partial charge < -0.3 is 5.73 Å². The molecule has 0 saturated heterocycles. The molecule has 0 unspecified atom stereocenters. The van der Waals surface area contributed by atoms with Crippen LogP contribution < -0.4 is 5.73 Å². The number of halogens is 4. The Bertz CT molecular complexity index is 231. The van der Waals surface area contributed by atoms with Crippen LogP contribution in [0.2, 0.25) is 0 Å². The van der Waals surface area contributed by atoms with Gasteiger partial charge in [0.05, 0.1) is 0 Å². The summed E-state index contributed by atoms with van der Waals surface area (Å²) in [6.45, 7) is 0.740. The van der Waals surface area contributed by atoms with E-state index >= 15 is 0 Å². The molecule has 0 heterocycles. The van der Waals surface area contributed by atoms with E-state index in [1.54, 1.807) is 0 Å². The second-order valence-corrected chi connectivity index (χ2v) is 104. The molecule has 2 N–H and O–H groups in total. The molecule has 1 aromatic rings. The molecule has 0 bridgehead atoms. The quantitative estimate of drug-likeness (QED) is 0.479. The molecule has 0 saturated carbocycles. The topological polar surface area (TPSA) is 26.0 Å². The van der Waals surface area contributed by atoms with E-state index in [0.29, 0.717) is 0 Å². The van der Waals surface area contributed by atoms with Gasteiger partial charge >= 0.3 is 59.5 Å². The Kier molecular flexibility index (Phi) is 10.4. The molecule has 1 aromatic carbocycles. The van der Waals surface area contributed by atoms with Gasteiger partial charge in [-0.05, 0) is 18.5 Å². The summed E-state index contributed by atoms with van der Waals surface area (Å²) in [5.41, 5.74) is 6.68. The molecule has 0 aliphatic rings. The molecule has 0 aromatic heterocycles. The molecule has 0 radical (unpaired) electrons. The Balaban J connectivity index is 0.000000292. The standard InChI is InChI=1S/C8H11N.4BrH.Pb/c9-7-6-8-4-2-1-3-5-8;;;;;/h1-5H,6-7,9H2;4*1H;/q;;;;;+4/p-4. The van der Waals surface area contributed by atoms with Gasteiger partial charge in [-0.25, -0.2) is 0 Å². The normalized spacial score (nSPS) is 10.4. The molecule has 0 spiro atoms. The van der Waals surface area contributed by atoms with Crippen molar-refractivity contribution in [1.82, 2.24) is 0 Å². The minimum atomic E-state index is -2.03. The molecular weight excluding hydrogens is 637 g/mol. The van der Waals surface area contributed by atoms with Crippen LogP contribution in [-0.4, -0.2) is 18.1 Å². The summed E-state index contributed by atoms with van der Waals surface area (Å²) in [6, 6.07) is 10.3. The van der Waals surface area contributed by atoms with Crippen molar-refractivity contribution < 1.29 is 0 Å². The van der Waals surface area contributed by atoms with Gasteiger partial charge in [0.1, 0.15) is 0 Å². The summed E-state index contributed by atoms with van der Waals surface area (Å²) in [5.74, 6) is 0. The van der Waals surface area contributed by atoms with E-state index in [-0.39, 0.29) is 0 Å². The average molecular weight is 648 g/mol. The predicted molar refractivity (Wildman–Crippen MR) is 80.7 cm³/mol. The van der Waals surface area contributed by atoms with Crippen LogP contribution >= 0.6 is 47.9 Å². The second-order valence-electron chi connectivity index (χ2n) is 2.45.